The Morgan fingerprint density at radius 1 is 1.44 bits per heavy atom. The summed E-state index contributed by atoms with van der Waals surface area (Å²) in [5.74, 6) is -1.57. The quantitative estimate of drug-likeness (QED) is 0.812. The van der Waals surface area contributed by atoms with E-state index in [-0.39, 0.29) is 11.7 Å². The average molecular weight is 225 g/mol. The van der Waals surface area contributed by atoms with Gasteiger partial charge in [0.15, 0.2) is 5.76 Å². The van der Waals surface area contributed by atoms with Crippen LogP contribution in [0.15, 0.2) is 16.7 Å². The van der Waals surface area contributed by atoms with E-state index in [1.807, 2.05) is 0 Å². The SMILES string of the molecule is Cc1ccoc1C(=O)N[C@H](C(=O)O)C(C)C. The maximum absolute atomic E-state index is 11.7. The molecule has 0 bridgehead atoms. The lowest BCUT2D eigenvalue weighted by Gasteiger charge is -2.17. The molecule has 0 radical (unpaired) electrons. The van der Waals surface area contributed by atoms with Gasteiger partial charge < -0.3 is 14.8 Å². The lowest BCUT2D eigenvalue weighted by molar-refractivity contribution is -0.140. The second-order valence-corrected chi connectivity index (χ2v) is 3.97. The lowest BCUT2D eigenvalue weighted by Crippen LogP contribution is -2.44. The fraction of sp³-hybridized carbons (Fsp3) is 0.455. The summed E-state index contributed by atoms with van der Waals surface area (Å²) in [7, 11) is 0. The number of aliphatic carboxylic acids is 1. The van der Waals surface area contributed by atoms with Crippen molar-refractivity contribution in [2.75, 3.05) is 0 Å². The molecule has 0 saturated carbocycles. The lowest BCUT2D eigenvalue weighted by atomic mass is 10.0. The molecule has 0 aromatic carbocycles. The predicted octanol–water partition coefficient (Wildman–Crippen LogP) is 1.43. The molecule has 0 spiro atoms. The average Bonchev–Trinajstić information content (AvgIpc) is 2.59. The van der Waals surface area contributed by atoms with Crippen molar-refractivity contribution < 1.29 is 19.1 Å². The predicted molar refractivity (Wildman–Crippen MR) is 57.2 cm³/mol. The highest BCUT2D eigenvalue weighted by Gasteiger charge is 2.25. The van der Waals surface area contributed by atoms with Gasteiger partial charge in [-0.2, -0.15) is 0 Å². The van der Waals surface area contributed by atoms with Crippen LogP contribution in [0.3, 0.4) is 0 Å². The Kier molecular flexibility index (Phi) is 3.71. The summed E-state index contributed by atoms with van der Waals surface area (Å²) >= 11 is 0. The van der Waals surface area contributed by atoms with Crippen molar-refractivity contribution in [3.05, 3.63) is 23.7 Å². The molecule has 1 amide bonds. The molecule has 0 saturated heterocycles. The number of hydrogen-bond acceptors (Lipinski definition) is 3. The van der Waals surface area contributed by atoms with Crippen LogP contribution in [-0.2, 0) is 4.79 Å². The van der Waals surface area contributed by atoms with E-state index < -0.39 is 17.9 Å². The third-order valence-corrected chi connectivity index (χ3v) is 2.29. The summed E-state index contributed by atoms with van der Waals surface area (Å²) in [4.78, 5) is 22.6. The monoisotopic (exact) mass is 225 g/mol. The molecule has 1 heterocycles. The van der Waals surface area contributed by atoms with Gasteiger partial charge in [-0.1, -0.05) is 13.8 Å². The number of hydrogen-bond donors (Lipinski definition) is 2. The number of nitrogens with one attached hydrogen (secondary N) is 1. The summed E-state index contributed by atoms with van der Waals surface area (Å²) in [5, 5.41) is 11.3. The molecule has 0 fully saturated rings. The molecular formula is C11H15NO4. The van der Waals surface area contributed by atoms with E-state index in [4.69, 9.17) is 9.52 Å². The minimum atomic E-state index is -1.05. The number of carbonyl (C=O) groups excluding carboxylic acids is 1. The normalized spacial score (nSPS) is 12.5. The first kappa shape index (κ1) is 12.3. The summed E-state index contributed by atoms with van der Waals surface area (Å²) in [5.41, 5.74) is 0.686. The molecule has 0 aliphatic rings. The third kappa shape index (κ3) is 2.62. The van der Waals surface area contributed by atoms with Crippen molar-refractivity contribution in [1.82, 2.24) is 5.32 Å². The van der Waals surface area contributed by atoms with Crippen LogP contribution in [0.1, 0.15) is 30.0 Å². The van der Waals surface area contributed by atoms with E-state index >= 15 is 0 Å². The standard InChI is InChI=1S/C11H15NO4/c1-6(2)8(11(14)15)12-10(13)9-7(3)4-5-16-9/h4-6,8H,1-3H3,(H,12,13)(H,14,15)/t8-/m0/s1. The molecule has 0 unspecified atom stereocenters. The number of furan rings is 1. The minimum Gasteiger partial charge on any atom is -0.480 e. The van der Waals surface area contributed by atoms with Crippen LogP contribution in [0.25, 0.3) is 0 Å². The topological polar surface area (TPSA) is 79.5 Å². The Bertz CT molecular complexity index is 394. The highest BCUT2D eigenvalue weighted by atomic mass is 16.4. The van der Waals surface area contributed by atoms with Crippen LogP contribution in [0.2, 0.25) is 0 Å². The first-order valence-corrected chi connectivity index (χ1v) is 5.01. The maximum atomic E-state index is 11.7. The number of carboxylic acids is 1. The zero-order valence-electron chi connectivity index (χ0n) is 9.48. The Morgan fingerprint density at radius 2 is 2.06 bits per heavy atom. The van der Waals surface area contributed by atoms with Crippen molar-refractivity contribution >= 4 is 11.9 Å². The molecule has 1 atom stereocenters. The second-order valence-electron chi connectivity index (χ2n) is 3.97. The van der Waals surface area contributed by atoms with Crippen LogP contribution in [0.4, 0.5) is 0 Å². The third-order valence-electron chi connectivity index (χ3n) is 2.29. The van der Waals surface area contributed by atoms with Crippen molar-refractivity contribution in [2.24, 2.45) is 5.92 Å². The number of carbonyl (C=O) groups is 2. The summed E-state index contributed by atoms with van der Waals surface area (Å²) < 4.78 is 4.98. The van der Waals surface area contributed by atoms with Crippen LogP contribution in [0, 0.1) is 12.8 Å². The van der Waals surface area contributed by atoms with Crippen LogP contribution < -0.4 is 5.32 Å². The molecule has 1 aromatic rings. The van der Waals surface area contributed by atoms with Gasteiger partial charge >= 0.3 is 5.97 Å². The summed E-state index contributed by atoms with van der Waals surface area (Å²) in [6.07, 6.45) is 1.40. The summed E-state index contributed by atoms with van der Waals surface area (Å²) in [6, 6.07) is 0.747. The molecule has 5 heteroatoms. The van der Waals surface area contributed by atoms with Crippen molar-refractivity contribution in [3.8, 4) is 0 Å². The van der Waals surface area contributed by atoms with Crippen LogP contribution in [-0.4, -0.2) is 23.0 Å². The van der Waals surface area contributed by atoms with E-state index in [9.17, 15) is 9.59 Å². The molecule has 88 valence electrons. The highest BCUT2D eigenvalue weighted by molar-refractivity contribution is 5.95. The number of amides is 1. The van der Waals surface area contributed by atoms with Gasteiger partial charge in [-0.15, -0.1) is 0 Å². The Labute approximate surface area is 93.4 Å². The molecule has 0 aliphatic carbocycles. The first-order chi connectivity index (χ1) is 7.43. The van der Waals surface area contributed by atoms with Crippen molar-refractivity contribution in [1.29, 1.82) is 0 Å². The summed E-state index contributed by atoms with van der Waals surface area (Å²) in [6.45, 7) is 5.19. The number of rotatable bonds is 4. The molecular weight excluding hydrogens is 210 g/mol. The van der Waals surface area contributed by atoms with E-state index in [1.165, 1.54) is 6.26 Å². The van der Waals surface area contributed by atoms with Crippen molar-refractivity contribution in [2.45, 2.75) is 26.8 Å². The minimum absolute atomic E-state index is 0.159. The largest absolute Gasteiger partial charge is 0.480 e. The highest BCUT2D eigenvalue weighted by Crippen LogP contribution is 2.10. The van der Waals surface area contributed by atoms with Crippen LogP contribution in [0.5, 0.6) is 0 Å². The van der Waals surface area contributed by atoms with E-state index in [0.29, 0.717) is 5.56 Å². The Hall–Kier alpha value is -1.78. The van der Waals surface area contributed by atoms with Gasteiger partial charge in [0.2, 0.25) is 0 Å². The molecule has 1 rings (SSSR count). The fourth-order valence-electron chi connectivity index (χ4n) is 1.33. The number of carboxylic acid groups (broad SMARTS) is 1. The zero-order chi connectivity index (χ0) is 12.3. The van der Waals surface area contributed by atoms with Gasteiger partial charge in [-0.25, -0.2) is 4.79 Å². The Balaban J connectivity index is 2.77. The van der Waals surface area contributed by atoms with Gasteiger partial charge in [0, 0.05) is 5.56 Å². The van der Waals surface area contributed by atoms with Crippen LogP contribution >= 0.6 is 0 Å². The van der Waals surface area contributed by atoms with Gasteiger partial charge in [-0.3, -0.25) is 4.79 Å². The molecule has 2 N–H and O–H groups in total. The first-order valence-electron chi connectivity index (χ1n) is 5.01. The fourth-order valence-corrected chi connectivity index (χ4v) is 1.33. The van der Waals surface area contributed by atoms with Gasteiger partial charge in [0.25, 0.3) is 5.91 Å². The molecule has 0 aliphatic heterocycles. The zero-order valence-corrected chi connectivity index (χ0v) is 9.48. The Morgan fingerprint density at radius 3 is 2.44 bits per heavy atom. The van der Waals surface area contributed by atoms with Crippen molar-refractivity contribution in [3.63, 3.8) is 0 Å². The van der Waals surface area contributed by atoms with E-state index in [2.05, 4.69) is 5.32 Å². The smallest absolute Gasteiger partial charge is 0.326 e. The van der Waals surface area contributed by atoms with Gasteiger partial charge in [0.1, 0.15) is 6.04 Å². The maximum Gasteiger partial charge on any atom is 0.326 e. The molecule has 16 heavy (non-hydrogen) atoms. The van der Waals surface area contributed by atoms with Gasteiger partial charge in [-0.05, 0) is 18.9 Å². The van der Waals surface area contributed by atoms with Gasteiger partial charge in [0.05, 0.1) is 6.26 Å². The molecule has 1 aromatic heterocycles. The molecule has 5 nitrogen and oxygen atoms in total. The van der Waals surface area contributed by atoms with E-state index in [1.54, 1.807) is 26.8 Å². The number of aryl methyl sites for hydroxylation is 1. The second kappa shape index (κ2) is 4.83. The van der Waals surface area contributed by atoms with E-state index in [0.717, 1.165) is 0 Å².